The Labute approximate surface area is 203 Å². The van der Waals surface area contributed by atoms with E-state index in [1.54, 1.807) is 11.3 Å². The summed E-state index contributed by atoms with van der Waals surface area (Å²) >= 11 is 1.74. The van der Waals surface area contributed by atoms with Gasteiger partial charge in [0, 0.05) is 19.3 Å². The third kappa shape index (κ3) is 9.07. The Bertz CT molecular complexity index is 1130. The number of hydrogen-bond donors (Lipinski definition) is 2. The number of rotatable bonds is 6. The normalized spacial score (nSPS) is 12.0. The van der Waals surface area contributed by atoms with Gasteiger partial charge in [-0.2, -0.15) is 28.0 Å². The first-order chi connectivity index (χ1) is 15.8. The smallest absolute Gasteiger partial charge is 0.215 e. The van der Waals surface area contributed by atoms with Gasteiger partial charge < -0.3 is 9.47 Å². The van der Waals surface area contributed by atoms with Gasteiger partial charge in [-0.05, 0) is 36.7 Å². The monoisotopic (exact) mass is 538 g/mol. The van der Waals surface area contributed by atoms with E-state index in [1.165, 1.54) is 15.9 Å². The van der Waals surface area contributed by atoms with E-state index >= 15 is 0 Å². The molecule has 3 aromatic heterocycles. The van der Waals surface area contributed by atoms with E-state index in [4.69, 9.17) is 42.3 Å². The number of hydrogen-bond acceptors (Lipinski definition) is 11. The van der Waals surface area contributed by atoms with Crippen LogP contribution >= 0.6 is 11.3 Å². The first-order valence-corrected chi connectivity index (χ1v) is 13.2. The third-order valence-corrected chi connectivity index (χ3v) is 5.56. The van der Waals surface area contributed by atoms with E-state index in [0.717, 1.165) is 37.7 Å². The molecule has 0 atom stereocenters. The van der Waals surface area contributed by atoms with Gasteiger partial charge in [0.05, 0.1) is 45.7 Å². The topological polar surface area (TPSA) is 204 Å². The molecule has 0 bridgehead atoms. The Hall–Kier alpha value is -1.85. The fourth-order valence-electron chi connectivity index (χ4n) is 3.29. The van der Waals surface area contributed by atoms with Gasteiger partial charge in [-0.15, -0.1) is 11.3 Å². The molecule has 0 fully saturated rings. The summed E-state index contributed by atoms with van der Waals surface area (Å²) in [5.74, 6) is 1.03. The molecule has 34 heavy (non-hydrogen) atoms. The fraction of sp³-hybridized carbons (Fsp3) is 0.316. The quantitative estimate of drug-likeness (QED) is 0.244. The van der Waals surface area contributed by atoms with Crippen molar-refractivity contribution in [1.82, 2.24) is 18.9 Å². The van der Waals surface area contributed by atoms with Crippen LogP contribution in [0.5, 0.6) is 0 Å². The van der Waals surface area contributed by atoms with Crippen molar-refractivity contribution in [2.75, 3.05) is 19.6 Å². The van der Waals surface area contributed by atoms with E-state index in [0.29, 0.717) is 0 Å². The lowest BCUT2D eigenvalue weighted by Gasteiger charge is -2.18. The Kier molecular flexibility index (Phi) is 10.2. The maximum Gasteiger partial charge on any atom is 0.215 e. The van der Waals surface area contributed by atoms with E-state index in [2.05, 4.69) is 75.7 Å². The highest BCUT2D eigenvalue weighted by molar-refractivity contribution is 7.13. The second-order valence-corrected chi connectivity index (χ2v) is 9.26. The zero-order valence-corrected chi connectivity index (χ0v) is 20.6. The molecule has 2 N–H and O–H groups in total. The van der Waals surface area contributed by atoms with Crippen LogP contribution in [0.1, 0.15) is 13.8 Å². The van der Waals surface area contributed by atoms with Crippen molar-refractivity contribution >= 4 is 28.1 Å². The predicted molar refractivity (Wildman–Crippen MR) is 106 cm³/mol. The average Bonchev–Trinajstić information content (AvgIpc) is 3.43. The summed E-state index contributed by atoms with van der Waals surface area (Å²) in [7, 11) is -9.39. The van der Waals surface area contributed by atoms with Crippen molar-refractivity contribution in [3.05, 3.63) is 48.0 Å². The molecule has 0 saturated carbocycles. The molecule has 15 heteroatoms. The average molecular weight is 539 g/mol. The van der Waals surface area contributed by atoms with Crippen LogP contribution in [-0.2, 0) is 6.54 Å². The highest BCUT2D eigenvalue weighted by atomic mass is 35.7. The molecule has 0 aliphatic carbocycles. The van der Waals surface area contributed by atoms with Crippen molar-refractivity contribution in [3.63, 3.8) is 0 Å². The molecule has 12 nitrogen and oxygen atoms in total. The SMILES string of the molecule is CCN(CC)CCn1c2ccccc2n2cc(-c3cccs3)nc12.[O-][Cl+3]([O-])([O-])O.[O-][Cl+3]([O-])([O-])O. The van der Waals surface area contributed by atoms with Crippen molar-refractivity contribution in [1.29, 1.82) is 0 Å². The van der Waals surface area contributed by atoms with Gasteiger partial charge in [0.25, 0.3) is 0 Å². The Morgan fingerprint density at radius 3 is 1.97 bits per heavy atom. The lowest BCUT2D eigenvalue weighted by Crippen LogP contribution is -2.58. The number of thiophene rings is 1. The summed E-state index contributed by atoms with van der Waals surface area (Å²) in [6.07, 6.45) is 2.16. The van der Waals surface area contributed by atoms with Crippen LogP contribution in [0.3, 0.4) is 0 Å². The number of para-hydroxylation sites is 2. The zero-order chi connectivity index (χ0) is 25.5. The van der Waals surface area contributed by atoms with Gasteiger partial charge in [-0.1, -0.05) is 32.0 Å². The molecule has 0 radical (unpaired) electrons. The van der Waals surface area contributed by atoms with E-state index in [-0.39, 0.29) is 0 Å². The first-order valence-electron chi connectivity index (χ1n) is 9.80. The summed E-state index contributed by atoms with van der Waals surface area (Å²) < 4.78 is 70.0. The molecule has 0 aliphatic heterocycles. The Morgan fingerprint density at radius 1 is 0.912 bits per heavy atom. The first kappa shape index (κ1) is 28.4. The largest absolute Gasteiger partial charge is 0.308 e. The molecule has 0 aliphatic rings. The Balaban J connectivity index is 0.000000347. The Morgan fingerprint density at radius 2 is 1.47 bits per heavy atom. The minimum atomic E-state index is -4.69. The molecule has 0 spiro atoms. The number of benzene rings is 1. The standard InChI is InChI=1S/C19H22N4S.2ClHO4/c1-3-21(4-2)11-12-22-16-8-5-6-9-17(16)23-14-15(20-19(22)23)18-10-7-13-24-18;2*2-1(3,4)5/h5-10,13-14H,3-4,11-12H2,1-2H3;2*(H,2,3,4,5). The molecule has 0 saturated heterocycles. The number of aromatic nitrogens is 3. The van der Waals surface area contributed by atoms with Crippen molar-refractivity contribution in [3.8, 4) is 10.6 Å². The lowest BCUT2D eigenvalue weighted by atomic mass is 10.3. The van der Waals surface area contributed by atoms with Crippen LogP contribution < -0.4 is 28.0 Å². The van der Waals surface area contributed by atoms with Crippen molar-refractivity contribution < 1.29 is 57.8 Å². The second kappa shape index (κ2) is 12.2. The van der Waals surface area contributed by atoms with Crippen LogP contribution in [0.25, 0.3) is 27.4 Å². The van der Waals surface area contributed by atoms with Crippen LogP contribution in [0.2, 0.25) is 0 Å². The number of likely N-dealkylation sites (N-methyl/N-ethyl adjacent to an activating group) is 1. The second-order valence-electron chi connectivity index (χ2n) is 6.73. The van der Waals surface area contributed by atoms with E-state index < -0.39 is 20.5 Å². The van der Waals surface area contributed by atoms with Gasteiger partial charge in [-0.25, -0.2) is 4.98 Å². The van der Waals surface area contributed by atoms with Crippen molar-refractivity contribution in [2.45, 2.75) is 20.4 Å². The summed E-state index contributed by atoms with van der Waals surface area (Å²) in [6.45, 7) is 8.61. The van der Waals surface area contributed by atoms with Gasteiger partial charge >= 0.3 is 0 Å². The van der Waals surface area contributed by atoms with Crippen molar-refractivity contribution in [2.24, 2.45) is 0 Å². The molecular weight excluding hydrogens is 515 g/mol. The number of nitrogens with zero attached hydrogens (tertiary/aromatic N) is 4. The molecule has 0 unspecified atom stereocenters. The molecular formula is C19H24Cl2N4O8S. The maximum absolute atomic E-state index is 8.60. The third-order valence-electron chi connectivity index (χ3n) is 4.67. The summed E-state index contributed by atoms with van der Waals surface area (Å²) in [5.41, 5.74) is 3.54. The molecule has 1 aromatic carbocycles. The highest BCUT2D eigenvalue weighted by Gasteiger charge is 2.15. The van der Waals surface area contributed by atoms with Gasteiger partial charge in [0.15, 0.2) is 0 Å². The number of halogens is 2. The van der Waals surface area contributed by atoms with E-state index in [9.17, 15) is 0 Å². The number of fused-ring (bicyclic) bond motifs is 3. The molecule has 0 amide bonds. The van der Waals surface area contributed by atoms with E-state index in [1.807, 2.05) is 0 Å². The molecule has 3 heterocycles. The summed E-state index contributed by atoms with van der Waals surface area (Å²) in [6, 6.07) is 12.8. The summed E-state index contributed by atoms with van der Waals surface area (Å²) in [4.78, 5) is 8.61. The van der Waals surface area contributed by atoms with Crippen LogP contribution in [0.15, 0.2) is 48.0 Å². The maximum atomic E-state index is 8.60. The fourth-order valence-corrected chi connectivity index (χ4v) is 3.97. The highest BCUT2D eigenvalue weighted by Crippen LogP contribution is 2.28. The minimum Gasteiger partial charge on any atom is -0.308 e. The zero-order valence-electron chi connectivity index (χ0n) is 18.2. The molecule has 188 valence electrons. The predicted octanol–water partition coefficient (Wildman–Crippen LogP) is -3.89. The van der Waals surface area contributed by atoms with Crippen LogP contribution in [-0.4, -0.2) is 47.8 Å². The van der Waals surface area contributed by atoms with Crippen LogP contribution in [0.4, 0.5) is 0 Å². The van der Waals surface area contributed by atoms with Gasteiger partial charge in [0.2, 0.25) is 5.78 Å². The molecule has 4 rings (SSSR count). The van der Waals surface area contributed by atoms with Crippen LogP contribution in [0, 0.1) is 20.5 Å². The molecule has 4 aromatic rings. The lowest BCUT2D eigenvalue weighted by molar-refractivity contribution is -1.92. The van der Waals surface area contributed by atoms with Gasteiger partial charge in [0.1, 0.15) is 5.69 Å². The minimum absolute atomic E-state index is 0.958. The summed E-state index contributed by atoms with van der Waals surface area (Å²) in [5, 5.41) is 2.10. The van der Waals surface area contributed by atoms with Gasteiger partial charge in [-0.3, -0.25) is 4.40 Å². The number of imidazole rings is 2.